The number of amides is 1. The third kappa shape index (κ3) is 4.86. The van der Waals surface area contributed by atoms with Crippen molar-refractivity contribution in [3.8, 4) is 11.5 Å². The van der Waals surface area contributed by atoms with Gasteiger partial charge < -0.3 is 15.4 Å². The third-order valence-corrected chi connectivity index (χ3v) is 5.54. The van der Waals surface area contributed by atoms with Crippen LogP contribution in [0.15, 0.2) is 65.4 Å². The van der Waals surface area contributed by atoms with Gasteiger partial charge in [0.2, 0.25) is 5.95 Å². The van der Waals surface area contributed by atoms with Crippen LogP contribution in [0.2, 0.25) is 0 Å². The molecule has 7 nitrogen and oxygen atoms in total. The fraction of sp³-hybridized carbons (Fsp3) is 0.167. The van der Waals surface area contributed by atoms with Gasteiger partial charge in [0.15, 0.2) is 0 Å². The van der Waals surface area contributed by atoms with E-state index < -0.39 is 0 Å². The lowest BCUT2D eigenvalue weighted by molar-refractivity contribution is 0.0958. The monoisotopic (exact) mass is 491 g/mol. The molecule has 0 bridgehead atoms. The molecule has 0 spiro atoms. The van der Waals surface area contributed by atoms with Gasteiger partial charge in [0.1, 0.15) is 17.2 Å². The average molecular weight is 492 g/mol. The van der Waals surface area contributed by atoms with Crippen LogP contribution in [0.5, 0.6) is 11.5 Å². The molecule has 0 unspecified atom stereocenters. The molecule has 2 aromatic heterocycles. The summed E-state index contributed by atoms with van der Waals surface area (Å²) in [6.07, 6.45) is 3.28. The number of hydrogen-bond donors (Lipinski definition) is 2. The van der Waals surface area contributed by atoms with Crippen molar-refractivity contribution in [3.63, 3.8) is 0 Å². The van der Waals surface area contributed by atoms with Gasteiger partial charge in [0, 0.05) is 35.4 Å². The SMILES string of the molecule is CNC(=O)c1cc(Oc2ccc3nc(Nc4ccc(C(C)C)cc4Br)ncc3c2)ccn1. The molecular formula is C24H22BrN5O2. The number of nitrogens with one attached hydrogen (secondary N) is 2. The number of halogens is 1. The Morgan fingerprint density at radius 2 is 1.84 bits per heavy atom. The highest BCUT2D eigenvalue weighted by Gasteiger charge is 2.09. The summed E-state index contributed by atoms with van der Waals surface area (Å²) in [4.78, 5) is 24.9. The van der Waals surface area contributed by atoms with Crippen molar-refractivity contribution in [1.29, 1.82) is 0 Å². The third-order valence-electron chi connectivity index (χ3n) is 4.88. The molecule has 162 valence electrons. The zero-order chi connectivity index (χ0) is 22.7. The molecule has 0 saturated heterocycles. The molecule has 0 atom stereocenters. The number of rotatable bonds is 6. The molecule has 4 aromatic rings. The number of aromatic nitrogens is 3. The standard InChI is InChI=1S/C24H22BrN5O2/c1-14(2)15-4-6-21(19(25)11-15)30-24-28-13-16-10-17(5-7-20(16)29-24)32-18-8-9-27-22(12-18)23(31)26-3/h4-14H,1-3H3,(H,26,31)(H,28,29,30). The number of nitrogens with zero attached hydrogens (tertiary/aromatic N) is 3. The minimum atomic E-state index is -0.270. The van der Waals surface area contributed by atoms with Crippen LogP contribution in [0.3, 0.4) is 0 Å². The molecule has 2 heterocycles. The van der Waals surface area contributed by atoms with Crippen molar-refractivity contribution >= 4 is 44.4 Å². The van der Waals surface area contributed by atoms with Gasteiger partial charge in [-0.2, -0.15) is 0 Å². The van der Waals surface area contributed by atoms with Gasteiger partial charge in [-0.3, -0.25) is 9.78 Å². The van der Waals surface area contributed by atoms with Gasteiger partial charge in [-0.1, -0.05) is 19.9 Å². The second-order valence-corrected chi connectivity index (χ2v) is 8.35. The Labute approximate surface area is 194 Å². The second-order valence-electron chi connectivity index (χ2n) is 7.49. The Balaban J connectivity index is 1.53. The number of anilines is 2. The molecule has 4 rings (SSSR count). The Bertz CT molecular complexity index is 1290. The van der Waals surface area contributed by atoms with Crippen LogP contribution in [0.1, 0.15) is 35.8 Å². The summed E-state index contributed by atoms with van der Waals surface area (Å²) in [6.45, 7) is 4.32. The van der Waals surface area contributed by atoms with Gasteiger partial charge in [0.25, 0.3) is 5.91 Å². The lowest BCUT2D eigenvalue weighted by Crippen LogP contribution is -2.18. The minimum absolute atomic E-state index is 0.270. The number of benzene rings is 2. The highest BCUT2D eigenvalue weighted by Crippen LogP contribution is 2.30. The van der Waals surface area contributed by atoms with E-state index in [1.165, 1.54) is 11.8 Å². The fourth-order valence-corrected chi connectivity index (χ4v) is 3.61. The second kappa shape index (κ2) is 9.32. The maximum Gasteiger partial charge on any atom is 0.269 e. The van der Waals surface area contributed by atoms with E-state index in [0.29, 0.717) is 23.4 Å². The molecule has 0 saturated carbocycles. The molecule has 32 heavy (non-hydrogen) atoms. The van der Waals surface area contributed by atoms with Crippen LogP contribution in [0.4, 0.5) is 11.6 Å². The summed E-state index contributed by atoms with van der Waals surface area (Å²) in [5.41, 5.74) is 3.23. The first-order valence-electron chi connectivity index (χ1n) is 10.1. The predicted molar refractivity (Wildman–Crippen MR) is 129 cm³/mol. The summed E-state index contributed by atoms with van der Waals surface area (Å²) in [5, 5.41) is 6.65. The smallest absolute Gasteiger partial charge is 0.269 e. The summed E-state index contributed by atoms with van der Waals surface area (Å²) < 4.78 is 6.86. The molecule has 0 aliphatic carbocycles. The maximum absolute atomic E-state index is 11.8. The lowest BCUT2D eigenvalue weighted by atomic mass is 10.0. The van der Waals surface area contributed by atoms with Crippen molar-refractivity contribution in [2.75, 3.05) is 12.4 Å². The van der Waals surface area contributed by atoms with Crippen LogP contribution in [0.25, 0.3) is 10.9 Å². The molecular weight excluding hydrogens is 470 g/mol. The number of fused-ring (bicyclic) bond motifs is 1. The summed E-state index contributed by atoms with van der Waals surface area (Å²) in [7, 11) is 1.56. The first-order chi connectivity index (χ1) is 15.4. The maximum atomic E-state index is 11.8. The Morgan fingerprint density at radius 1 is 1.03 bits per heavy atom. The van der Waals surface area contributed by atoms with Gasteiger partial charge in [-0.25, -0.2) is 9.97 Å². The summed E-state index contributed by atoms with van der Waals surface area (Å²) in [6, 6.07) is 15.1. The van der Waals surface area contributed by atoms with E-state index in [1.807, 2.05) is 24.3 Å². The van der Waals surface area contributed by atoms with Crippen LogP contribution in [0, 0.1) is 0 Å². The number of carbonyl (C=O) groups is 1. The zero-order valence-electron chi connectivity index (χ0n) is 17.9. The van der Waals surface area contributed by atoms with Crippen LogP contribution in [-0.2, 0) is 0 Å². The van der Waals surface area contributed by atoms with Crippen LogP contribution >= 0.6 is 15.9 Å². The van der Waals surface area contributed by atoms with Crippen molar-refractivity contribution in [1.82, 2.24) is 20.3 Å². The van der Waals surface area contributed by atoms with Gasteiger partial charge in [-0.05, 0) is 63.8 Å². The Hall–Kier alpha value is -3.52. The van der Waals surface area contributed by atoms with E-state index in [-0.39, 0.29) is 11.6 Å². The minimum Gasteiger partial charge on any atom is -0.457 e. The molecule has 0 aliphatic heterocycles. The van der Waals surface area contributed by atoms with Crippen molar-refractivity contribution in [2.24, 2.45) is 0 Å². The average Bonchev–Trinajstić information content (AvgIpc) is 2.80. The molecule has 0 radical (unpaired) electrons. The highest BCUT2D eigenvalue weighted by atomic mass is 79.9. The van der Waals surface area contributed by atoms with E-state index in [2.05, 4.69) is 67.5 Å². The lowest BCUT2D eigenvalue weighted by Gasteiger charge is -2.12. The molecule has 8 heteroatoms. The summed E-state index contributed by atoms with van der Waals surface area (Å²) in [5.74, 6) is 1.83. The van der Waals surface area contributed by atoms with Crippen molar-refractivity contribution in [2.45, 2.75) is 19.8 Å². The van der Waals surface area contributed by atoms with E-state index in [1.54, 1.807) is 25.4 Å². The Morgan fingerprint density at radius 3 is 2.59 bits per heavy atom. The van der Waals surface area contributed by atoms with Gasteiger partial charge in [0.05, 0.1) is 11.2 Å². The number of carbonyl (C=O) groups excluding carboxylic acids is 1. The molecule has 0 aliphatic rings. The normalized spacial score (nSPS) is 10.9. The fourth-order valence-electron chi connectivity index (χ4n) is 3.11. The molecule has 2 N–H and O–H groups in total. The molecule has 2 aromatic carbocycles. The van der Waals surface area contributed by atoms with Crippen molar-refractivity contribution in [3.05, 3.63) is 76.7 Å². The van der Waals surface area contributed by atoms with Crippen LogP contribution in [-0.4, -0.2) is 27.9 Å². The largest absolute Gasteiger partial charge is 0.457 e. The number of pyridine rings is 1. The predicted octanol–water partition coefficient (Wildman–Crippen LogP) is 5.81. The quantitative estimate of drug-likeness (QED) is 0.353. The van der Waals surface area contributed by atoms with E-state index in [9.17, 15) is 4.79 Å². The highest BCUT2D eigenvalue weighted by molar-refractivity contribution is 9.10. The van der Waals surface area contributed by atoms with Crippen molar-refractivity contribution < 1.29 is 9.53 Å². The van der Waals surface area contributed by atoms with E-state index in [4.69, 9.17) is 4.74 Å². The topological polar surface area (TPSA) is 89.0 Å². The number of hydrogen-bond acceptors (Lipinski definition) is 6. The molecule has 0 fully saturated rings. The first-order valence-corrected chi connectivity index (χ1v) is 10.9. The Kier molecular flexibility index (Phi) is 6.32. The van der Waals surface area contributed by atoms with Gasteiger partial charge >= 0.3 is 0 Å². The molecule has 1 amide bonds. The first kappa shape index (κ1) is 21.7. The van der Waals surface area contributed by atoms with Crippen LogP contribution < -0.4 is 15.4 Å². The number of ether oxygens (including phenoxy) is 1. The summed E-state index contributed by atoms with van der Waals surface area (Å²) >= 11 is 3.62. The van der Waals surface area contributed by atoms with Gasteiger partial charge in [-0.15, -0.1) is 0 Å². The zero-order valence-corrected chi connectivity index (χ0v) is 19.5. The van der Waals surface area contributed by atoms with E-state index >= 15 is 0 Å². The van der Waals surface area contributed by atoms with E-state index in [0.717, 1.165) is 21.1 Å².